The fraction of sp³-hybridized carbons (Fsp3) is 0.0909. The molecule has 0 bridgehead atoms. The number of thiol groups is 1. The minimum atomic E-state index is -0.112. The van der Waals surface area contributed by atoms with Gasteiger partial charge in [-0.15, -0.1) is 24.0 Å². The lowest BCUT2D eigenvalue weighted by Gasteiger charge is -2.05. The number of benzene rings is 1. The van der Waals surface area contributed by atoms with Crippen molar-refractivity contribution in [2.75, 3.05) is 0 Å². The number of carbonyl (C=O) groups is 1. The first-order valence-corrected chi connectivity index (χ1v) is 6.03. The van der Waals surface area contributed by atoms with Crippen LogP contribution >= 0.6 is 24.0 Å². The van der Waals surface area contributed by atoms with Crippen molar-refractivity contribution in [1.29, 1.82) is 0 Å². The zero-order valence-corrected chi connectivity index (χ0v) is 10.1. The van der Waals surface area contributed by atoms with Gasteiger partial charge in [0.15, 0.2) is 0 Å². The maximum Gasteiger partial charge on any atom is 0.252 e. The average molecular weight is 250 g/mol. The quantitative estimate of drug-likeness (QED) is 0.821. The largest absolute Gasteiger partial charge is 0.347 e. The van der Waals surface area contributed by atoms with E-state index in [0.29, 0.717) is 17.0 Å². The molecule has 5 heteroatoms. The molecule has 0 aliphatic rings. The zero-order valence-electron chi connectivity index (χ0n) is 8.38. The third kappa shape index (κ3) is 2.62. The number of nitrogens with one attached hydrogen (secondary N) is 1. The summed E-state index contributed by atoms with van der Waals surface area (Å²) >= 11 is 5.75. The van der Waals surface area contributed by atoms with Crippen molar-refractivity contribution >= 4 is 29.9 Å². The Balaban J connectivity index is 2.01. The molecular formula is C11H10N2OS2. The van der Waals surface area contributed by atoms with Gasteiger partial charge < -0.3 is 5.32 Å². The average Bonchev–Trinajstić information content (AvgIpc) is 2.79. The van der Waals surface area contributed by atoms with E-state index >= 15 is 0 Å². The highest BCUT2D eigenvalue weighted by Crippen LogP contribution is 2.13. The van der Waals surface area contributed by atoms with Gasteiger partial charge in [-0.25, -0.2) is 0 Å². The molecule has 0 spiro atoms. The first kappa shape index (κ1) is 11.2. The van der Waals surface area contributed by atoms with Crippen molar-refractivity contribution in [1.82, 2.24) is 10.3 Å². The smallest absolute Gasteiger partial charge is 0.252 e. The van der Waals surface area contributed by atoms with Gasteiger partial charge >= 0.3 is 0 Å². The first-order chi connectivity index (χ1) is 7.77. The van der Waals surface area contributed by atoms with Gasteiger partial charge in [0.1, 0.15) is 0 Å². The lowest BCUT2D eigenvalue weighted by molar-refractivity contribution is 0.0948. The van der Waals surface area contributed by atoms with Crippen molar-refractivity contribution < 1.29 is 4.79 Å². The number of rotatable bonds is 3. The van der Waals surface area contributed by atoms with Crippen LogP contribution in [0.5, 0.6) is 0 Å². The molecule has 0 fully saturated rings. The summed E-state index contributed by atoms with van der Waals surface area (Å²) in [6, 6.07) is 7.22. The fourth-order valence-corrected chi connectivity index (χ4v) is 2.05. The molecule has 0 aliphatic carbocycles. The van der Waals surface area contributed by atoms with Crippen molar-refractivity contribution in [3.63, 3.8) is 0 Å². The minimum absolute atomic E-state index is 0.112. The highest BCUT2D eigenvalue weighted by atomic mass is 32.1. The number of hydrogen-bond donors (Lipinski definition) is 2. The number of hydrogen-bond acceptors (Lipinski definition) is 4. The summed E-state index contributed by atoms with van der Waals surface area (Å²) in [6.07, 6.45) is 1.75. The SMILES string of the molecule is O=C(NCc1cncs1)c1ccccc1S. The van der Waals surface area contributed by atoms with Crippen LogP contribution in [0.2, 0.25) is 0 Å². The van der Waals surface area contributed by atoms with Crippen LogP contribution in [0.4, 0.5) is 0 Å². The predicted octanol–water partition coefficient (Wildman–Crippen LogP) is 2.36. The van der Waals surface area contributed by atoms with E-state index in [1.165, 1.54) is 11.3 Å². The van der Waals surface area contributed by atoms with Gasteiger partial charge in [0.05, 0.1) is 17.6 Å². The Morgan fingerprint density at radius 1 is 1.44 bits per heavy atom. The van der Waals surface area contributed by atoms with Crippen molar-refractivity contribution in [2.24, 2.45) is 0 Å². The topological polar surface area (TPSA) is 42.0 Å². The maximum atomic E-state index is 11.8. The van der Waals surface area contributed by atoms with Crippen LogP contribution in [-0.4, -0.2) is 10.9 Å². The van der Waals surface area contributed by atoms with E-state index in [4.69, 9.17) is 0 Å². The van der Waals surface area contributed by atoms with Crippen LogP contribution in [0.15, 0.2) is 40.9 Å². The molecule has 0 radical (unpaired) electrons. The summed E-state index contributed by atoms with van der Waals surface area (Å²) in [5.41, 5.74) is 2.34. The van der Waals surface area contributed by atoms with Crippen molar-refractivity contribution in [3.05, 3.63) is 46.4 Å². The predicted molar refractivity (Wildman–Crippen MR) is 67.0 cm³/mol. The third-order valence-corrected chi connectivity index (χ3v) is 3.22. The lowest BCUT2D eigenvalue weighted by Crippen LogP contribution is -2.22. The summed E-state index contributed by atoms with van der Waals surface area (Å²) in [5, 5.41) is 2.82. The van der Waals surface area contributed by atoms with Gasteiger partial charge in [-0.05, 0) is 12.1 Å². The minimum Gasteiger partial charge on any atom is -0.347 e. The molecule has 0 saturated heterocycles. The van der Waals surface area contributed by atoms with E-state index in [0.717, 1.165) is 4.88 Å². The van der Waals surface area contributed by atoms with Gasteiger partial charge in [-0.3, -0.25) is 9.78 Å². The van der Waals surface area contributed by atoms with E-state index in [1.807, 2.05) is 12.1 Å². The Morgan fingerprint density at radius 2 is 2.25 bits per heavy atom. The number of carbonyl (C=O) groups excluding carboxylic acids is 1. The second kappa shape index (κ2) is 5.14. The molecule has 2 aromatic rings. The monoisotopic (exact) mass is 250 g/mol. The fourth-order valence-electron chi connectivity index (χ4n) is 1.26. The summed E-state index contributed by atoms with van der Waals surface area (Å²) in [7, 11) is 0. The van der Waals surface area contributed by atoms with Crippen molar-refractivity contribution in [3.8, 4) is 0 Å². The molecule has 1 amide bonds. The number of aromatic nitrogens is 1. The highest BCUT2D eigenvalue weighted by Gasteiger charge is 2.08. The van der Waals surface area contributed by atoms with Gasteiger partial charge in [0.25, 0.3) is 5.91 Å². The van der Waals surface area contributed by atoms with E-state index in [-0.39, 0.29) is 5.91 Å². The van der Waals surface area contributed by atoms with Gasteiger partial charge in [-0.2, -0.15) is 0 Å². The molecule has 16 heavy (non-hydrogen) atoms. The summed E-state index contributed by atoms with van der Waals surface area (Å²) in [6.45, 7) is 0.506. The van der Waals surface area contributed by atoms with Gasteiger partial charge in [0, 0.05) is 16.0 Å². The second-order valence-electron chi connectivity index (χ2n) is 3.17. The van der Waals surface area contributed by atoms with E-state index in [2.05, 4.69) is 22.9 Å². The van der Waals surface area contributed by atoms with Crippen LogP contribution in [0.25, 0.3) is 0 Å². The summed E-state index contributed by atoms with van der Waals surface area (Å²) < 4.78 is 0. The molecule has 0 atom stereocenters. The molecule has 82 valence electrons. The highest BCUT2D eigenvalue weighted by molar-refractivity contribution is 7.80. The molecule has 1 aromatic carbocycles. The summed E-state index contributed by atoms with van der Waals surface area (Å²) in [4.78, 5) is 17.4. The standard InChI is InChI=1S/C11H10N2OS2/c14-11(9-3-1-2-4-10(9)15)13-6-8-5-12-7-16-8/h1-5,7,15H,6H2,(H,13,14). The molecule has 0 aliphatic heterocycles. The normalized spacial score (nSPS) is 10.1. The van der Waals surface area contributed by atoms with Crippen LogP contribution in [0.1, 0.15) is 15.2 Å². The molecule has 2 rings (SSSR count). The van der Waals surface area contributed by atoms with E-state index < -0.39 is 0 Å². The van der Waals surface area contributed by atoms with Crippen molar-refractivity contribution in [2.45, 2.75) is 11.4 Å². The van der Waals surface area contributed by atoms with E-state index in [9.17, 15) is 4.79 Å². The Morgan fingerprint density at radius 3 is 2.94 bits per heavy atom. The zero-order chi connectivity index (χ0) is 11.4. The molecule has 1 aromatic heterocycles. The van der Waals surface area contributed by atoms with Crippen LogP contribution in [0.3, 0.4) is 0 Å². The Labute approximate surface area is 103 Å². The van der Waals surface area contributed by atoms with Gasteiger partial charge in [0.2, 0.25) is 0 Å². The molecular weight excluding hydrogens is 240 g/mol. The van der Waals surface area contributed by atoms with Gasteiger partial charge in [-0.1, -0.05) is 12.1 Å². The Kier molecular flexibility index (Phi) is 3.58. The Hall–Kier alpha value is -1.33. The first-order valence-electron chi connectivity index (χ1n) is 4.71. The Bertz CT molecular complexity index is 482. The number of nitrogens with zero attached hydrogens (tertiary/aromatic N) is 1. The van der Waals surface area contributed by atoms with Crippen LogP contribution in [0, 0.1) is 0 Å². The third-order valence-electron chi connectivity index (χ3n) is 2.06. The van der Waals surface area contributed by atoms with E-state index in [1.54, 1.807) is 23.8 Å². The lowest BCUT2D eigenvalue weighted by atomic mass is 10.2. The molecule has 3 nitrogen and oxygen atoms in total. The number of amides is 1. The molecule has 1 heterocycles. The summed E-state index contributed by atoms with van der Waals surface area (Å²) in [5.74, 6) is -0.112. The molecule has 0 saturated carbocycles. The number of thiazole rings is 1. The van der Waals surface area contributed by atoms with Crippen LogP contribution in [-0.2, 0) is 6.54 Å². The maximum absolute atomic E-state index is 11.8. The van der Waals surface area contributed by atoms with Crippen LogP contribution < -0.4 is 5.32 Å². The molecule has 1 N–H and O–H groups in total. The molecule has 0 unspecified atom stereocenters. The second-order valence-corrected chi connectivity index (χ2v) is 4.62.